The minimum atomic E-state index is -0.201. The second-order valence-electron chi connectivity index (χ2n) is 4.59. The summed E-state index contributed by atoms with van der Waals surface area (Å²) in [7, 11) is 1.70. The number of rotatable bonds is 5. The first-order valence-electron chi connectivity index (χ1n) is 6.31. The zero-order valence-electron chi connectivity index (χ0n) is 11.6. The van der Waals surface area contributed by atoms with E-state index in [0.717, 1.165) is 11.3 Å². The molecule has 0 saturated heterocycles. The molecule has 1 aromatic heterocycles. The molecule has 0 spiro atoms. The topological polar surface area (TPSA) is 84.2 Å². The van der Waals surface area contributed by atoms with Crippen molar-refractivity contribution in [1.29, 1.82) is 0 Å². The Morgan fingerprint density at radius 2 is 2.30 bits per heavy atom. The third-order valence-corrected chi connectivity index (χ3v) is 2.91. The Morgan fingerprint density at radius 1 is 1.50 bits per heavy atom. The number of aromatic nitrogens is 2. The molecule has 0 unspecified atom stereocenters. The molecule has 20 heavy (non-hydrogen) atoms. The minimum Gasteiger partial charge on any atom is -0.492 e. The second kappa shape index (κ2) is 6.10. The fourth-order valence-electron chi connectivity index (χ4n) is 1.76. The number of nitrogens with two attached hydrogens (primary N) is 1. The summed E-state index contributed by atoms with van der Waals surface area (Å²) in [5.41, 5.74) is 7.44. The van der Waals surface area contributed by atoms with Gasteiger partial charge in [-0.05, 0) is 24.6 Å². The standard InChI is InChI=1S/C14H18N4O2/c1-10-4-3-5-11(8-10)20-7-6-18(2)14(19)13-12(15)9-16-17-13/h3-5,8-9H,6-7,15H2,1-2H3,(H,16,17). The van der Waals surface area contributed by atoms with E-state index < -0.39 is 0 Å². The molecule has 0 bridgehead atoms. The van der Waals surface area contributed by atoms with Crippen LogP contribution in [0.5, 0.6) is 5.75 Å². The molecule has 0 radical (unpaired) electrons. The molecule has 0 atom stereocenters. The predicted octanol–water partition coefficient (Wildman–Crippen LogP) is 1.45. The summed E-state index contributed by atoms with van der Waals surface area (Å²) >= 11 is 0. The fraction of sp³-hybridized carbons (Fsp3) is 0.286. The zero-order chi connectivity index (χ0) is 14.5. The van der Waals surface area contributed by atoms with E-state index in [4.69, 9.17) is 10.5 Å². The number of nitrogens with zero attached hydrogens (tertiary/aromatic N) is 2. The first-order valence-corrected chi connectivity index (χ1v) is 6.31. The fourth-order valence-corrected chi connectivity index (χ4v) is 1.76. The van der Waals surface area contributed by atoms with E-state index in [0.29, 0.717) is 24.5 Å². The van der Waals surface area contributed by atoms with Crippen molar-refractivity contribution >= 4 is 11.6 Å². The molecular formula is C14H18N4O2. The maximum atomic E-state index is 12.0. The monoisotopic (exact) mass is 274 g/mol. The van der Waals surface area contributed by atoms with Gasteiger partial charge in [-0.2, -0.15) is 5.10 Å². The molecule has 1 amide bonds. The number of hydrogen-bond acceptors (Lipinski definition) is 4. The molecular weight excluding hydrogens is 256 g/mol. The lowest BCUT2D eigenvalue weighted by atomic mass is 10.2. The van der Waals surface area contributed by atoms with Crippen LogP contribution in [0, 0.1) is 6.92 Å². The summed E-state index contributed by atoms with van der Waals surface area (Å²) in [4.78, 5) is 13.6. The number of likely N-dealkylation sites (N-methyl/N-ethyl adjacent to an activating group) is 1. The third-order valence-electron chi connectivity index (χ3n) is 2.91. The van der Waals surface area contributed by atoms with E-state index >= 15 is 0 Å². The van der Waals surface area contributed by atoms with Gasteiger partial charge >= 0.3 is 0 Å². The number of aryl methyl sites for hydroxylation is 1. The molecule has 6 heteroatoms. The highest BCUT2D eigenvalue weighted by Crippen LogP contribution is 2.12. The highest BCUT2D eigenvalue weighted by Gasteiger charge is 2.16. The van der Waals surface area contributed by atoms with Gasteiger partial charge < -0.3 is 15.4 Å². The number of H-pyrrole nitrogens is 1. The first kappa shape index (κ1) is 13.9. The van der Waals surface area contributed by atoms with Gasteiger partial charge in [-0.1, -0.05) is 12.1 Å². The van der Waals surface area contributed by atoms with E-state index in [-0.39, 0.29) is 5.91 Å². The maximum absolute atomic E-state index is 12.0. The van der Waals surface area contributed by atoms with Gasteiger partial charge in [0, 0.05) is 7.05 Å². The third kappa shape index (κ3) is 3.28. The molecule has 0 saturated carbocycles. The SMILES string of the molecule is Cc1cccc(OCCN(C)C(=O)c2[nH]ncc2N)c1. The lowest BCUT2D eigenvalue weighted by Crippen LogP contribution is -2.31. The average molecular weight is 274 g/mol. The summed E-state index contributed by atoms with van der Waals surface area (Å²) in [6.07, 6.45) is 1.42. The zero-order valence-corrected chi connectivity index (χ0v) is 11.6. The van der Waals surface area contributed by atoms with Crippen molar-refractivity contribution < 1.29 is 9.53 Å². The number of amides is 1. The number of nitrogens with one attached hydrogen (secondary N) is 1. The summed E-state index contributed by atoms with van der Waals surface area (Å²) in [5.74, 6) is 0.597. The van der Waals surface area contributed by atoms with Crippen molar-refractivity contribution in [2.75, 3.05) is 25.9 Å². The minimum absolute atomic E-state index is 0.201. The van der Waals surface area contributed by atoms with E-state index in [2.05, 4.69) is 10.2 Å². The van der Waals surface area contributed by atoms with E-state index in [9.17, 15) is 4.79 Å². The number of benzene rings is 1. The number of anilines is 1. The number of ether oxygens (including phenoxy) is 1. The van der Waals surface area contributed by atoms with Gasteiger partial charge in [-0.25, -0.2) is 0 Å². The molecule has 1 aromatic carbocycles. The summed E-state index contributed by atoms with van der Waals surface area (Å²) < 4.78 is 5.60. The number of aromatic amines is 1. The lowest BCUT2D eigenvalue weighted by molar-refractivity contribution is 0.0769. The second-order valence-corrected chi connectivity index (χ2v) is 4.59. The molecule has 0 aliphatic heterocycles. The smallest absolute Gasteiger partial charge is 0.273 e. The average Bonchev–Trinajstić information content (AvgIpc) is 2.84. The summed E-state index contributed by atoms with van der Waals surface area (Å²) in [6.45, 7) is 2.88. The summed E-state index contributed by atoms with van der Waals surface area (Å²) in [6, 6.07) is 7.78. The Balaban J connectivity index is 1.85. The van der Waals surface area contributed by atoms with Gasteiger partial charge in [-0.15, -0.1) is 0 Å². The van der Waals surface area contributed by atoms with Crippen LogP contribution in [-0.4, -0.2) is 41.2 Å². The van der Waals surface area contributed by atoms with Crippen LogP contribution in [0.4, 0.5) is 5.69 Å². The van der Waals surface area contributed by atoms with Crippen molar-refractivity contribution in [3.05, 3.63) is 41.7 Å². The van der Waals surface area contributed by atoms with Gasteiger partial charge in [0.1, 0.15) is 18.1 Å². The molecule has 106 valence electrons. The van der Waals surface area contributed by atoms with Crippen molar-refractivity contribution in [1.82, 2.24) is 15.1 Å². The van der Waals surface area contributed by atoms with Crippen LogP contribution in [0.3, 0.4) is 0 Å². The molecule has 2 aromatic rings. The highest BCUT2D eigenvalue weighted by atomic mass is 16.5. The van der Waals surface area contributed by atoms with E-state index in [1.165, 1.54) is 6.20 Å². The number of nitrogen functional groups attached to an aromatic ring is 1. The Hall–Kier alpha value is -2.50. The van der Waals surface area contributed by atoms with Crippen LogP contribution >= 0.6 is 0 Å². The van der Waals surface area contributed by atoms with E-state index in [1.54, 1.807) is 11.9 Å². The largest absolute Gasteiger partial charge is 0.492 e. The molecule has 0 fully saturated rings. The Kier molecular flexibility index (Phi) is 4.24. The van der Waals surface area contributed by atoms with Gasteiger partial charge in [0.15, 0.2) is 0 Å². The molecule has 0 aliphatic carbocycles. The Bertz CT molecular complexity index is 594. The maximum Gasteiger partial charge on any atom is 0.273 e. The van der Waals surface area contributed by atoms with Crippen LogP contribution < -0.4 is 10.5 Å². The van der Waals surface area contributed by atoms with Gasteiger partial charge in [0.25, 0.3) is 5.91 Å². The van der Waals surface area contributed by atoms with Crippen LogP contribution in [-0.2, 0) is 0 Å². The highest BCUT2D eigenvalue weighted by molar-refractivity contribution is 5.96. The molecule has 1 heterocycles. The summed E-state index contributed by atoms with van der Waals surface area (Å²) in [5, 5.41) is 6.33. The number of carbonyl (C=O) groups is 1. The predicted molar refractivity (Wildman–Crippen MR) is 76.6 cm³/mol. The number of carbonyl (C=O) groups excluding carboxylic acids is 1. The van der Waals surface area contributed by atoms with Gasteiger partial charge in [-0.3, -0.25) is 9.89 Å². The van der Waals surface area contributed by atoms with E-state index in [1.807, 2.05) is 31.2 Å². The normalized spacial score (nSPS) is 10.3. The van der Waals surface area contributed by atoms with Crippen LogP contribution in [0.2, 0.25) is 0 Å². The Labute approximate surface area is 117 Å². The first-order chi connectivity index (χ1) is 9.58. The van der Waals surface area contributed by atoms with Gasteiger partial charge in [0.05, 0.1) is 18.4 Å². The Morgan fingerprint density at radius 3 is 2.95 bits per heavy atom. The van der Waals surface area contributed by atoms with Crippen LogP contribution in [0.1, 0.15) is 16.1 Å². The van der Waals surface area contributed by atoms with Crippen molar-refractivity contribution in [2.24, 2.45) is 0 Å². The van der Waals surface area contributed by atoms with Gasteiger partial charge in [0.2, 0.25) is 0 Å². The van der Waals surface area contributed by atoms with Crippen LogP contribution in [0.15, 0.2) is 30.5 Å². The van der Waals surface area contributed by atoms with Crippen molar-refractivity contribution in [2.45, 2.75) is 6.92 Å². The molecule has 2 rings (SSSR count). The van der Waals surface area contributed by atoms with Crippen molar-refractivity contribution in [3.63, 3.8) is 0 Å². The molecule has 6 nitrogen and oxygen atoms in total. The molecule has 3 N–H and O–H groups in total. The van der Waals surface area contributed by atoms with Crippen molar-refractivity contribution in [3.8, 4) is 5.75 Å². The number of hydrogen-bond donors (Lipinski definition) is 2. The lowest BCUT2D eigenvalue weighted by Gasteiger charge is -2.17. The van der Waals surface area contributed by atoms with Crippen LogP contribution in [0.25, 0.3) is 0 Å². The quantitative estimate of drug-likeness (QED) is 0.864. The molecule has 0 aliphatic rings.